The zero-order chi connectivity index (χ0) is 24.1. The Bertz CT molecular complexity index is 1490. The summed E-state index contributed by atoms with van der Waals surface area (Å²) in [6.07, 6.45) is 3.21. The van der Waals surface area contributed by atoms with E-state index in [0.29, 0.717) is 20.6 Å². The Balaban J connectivity index is 1.77. The van der Waals surface area contributed by atoms with Gasteiger partial charge in [-0.3, -0.25) is 14.2 Å². The molecule has 0 radical (unpaired) electrons. The Morgan fingerprint density at radius 3 is 2.47 bits per heavy atom. The van der Waals surface area contributed by atoms with E-state index in [2.05, 4.69) is 5.32 Å². The molecule has 0 aliphatic rings. The average Bonchev–Trinajstić information content (AvgIpc) is 3.11. The standard InChI is InChI=1S/C27H23FN2O3S/c1-18-7-9-19(10-8-18)15-24-27(32)30(17-20-11-13-21(28)14-12-20)26(34-24)16-25(31)29-22-5-3-4-6-23(22)33-2/h3-16H,17H2,1-2H3,(H,29,31). The summed E-state index contributed by atoms with van der Waals surface area (Å²) in [4.78, 5) is 26.1. The highest BCUT2D eigenvalue weighted by Gasteiger charge is 2.10. The van der Waals surface area contributed by atoms with Gasteiger partial charge in [0.2, 0.25) is 0 Å². The molecule has 1 aromatic heterocycles. The number of methoxy groups -OCH3 is 1. The Kier molecular flexibility index (Phi) is 7.04. The van der Waals surface area contributed by atoms with Gasteiger partial charge in [0.25, 0.3) is 11.5 Å². The lowest BCUT2D eigenvalue weighted by atomic mass is 10.1. The third-order valence-electron chi connectivity index (χ3n) is 5.18. The first-order valence-corrected chi connectivity index (χ1v) is 11.4. The number of para-hydroxylation sites is 2. The van der Waals surface area contributed by atoms with Crippen molar-refractivity contribution in [2.45, 2.75) is 13.5 Å². The van der Waals surface area contributed by atoms with Crippen LogP contribution in [-0.2, 0) is 11.3 Å². The maximum absolute atomic E-state index is 13.4. The number of hydrogen-bond acceptors (Lipinski definition) is 4. The van der Waals surface area contributed by atoms with E-state index in [-0.39, 0.29) is 23.8 Å². The number of thiazole rings is 1. The molecule has 1 N–H and O–H groups in total. The molecule has 0 unspecified atom stereocenters. The lowest BCUT2D eigenvalue weighted by molar-refractivity contribution is -0.110. The molecule has 1 amide bonds. The van der Waals surface area contributed by atoms with Crippen molar-refractivity contribution >= 4 is 35.1 Å². The van der Waals surface area contributed by atoms with Crippen LogP contribution in [0.5, 0.6) is 5.75 Å². The van der Waals surface area contributed by atoms with Crippen LogP contribution in [0.2, 0.25) is 0 Å². The smallest absolute Gasteiger partial charge is 0.269 e. The quantitative estimate of drug-likeness (QED) is 0.464. The summed E-state index contributed by atoms with van der Waals surface area (Å²) in [6.45, 7) is 2.21. The number of nitrogens with zero attached hydrogens (tertiary/aromatic N) is 1. The lowest BCUT2D eigenvalue weighted by Gasteiger charge is -2.08. The van der Waals surface area contributed by atoms with Crippen molar-refractivity contribution in [3.63, 3.8) is 0 Å². The molecule has 0 saturated heterocycles. The second-order valence-electron chi connectivity index (χ2n) is 7.71. The monoisotopic (exact) mass is 474 g/mol. The minimum Gasteiger partial charge on any atom is -0.495 e. The number of rotatable bonds is 6. The predicted molar refractivity (Wildman–Crippen MR) is 134 cm³/mol. The number of halogens is 1. The van der Waals surface area contributed by atoms with Crippen LogP contribution in [-0.4, -0.2) is 17.6 Å². The predicted octanol–water partition coefficient (Wildman–Crippen LogP) is 3.66. The first-order valence-electron chi connectivity index (χ1n) is 10.6. The van der Waals surface area contributed by atoms with Gasteiger partial charge in [-0.2, -0.15) is 0 Å². The van der Waals surface area contributed by atoms with Crippen molar-refractivity contribution in [1.29, 1.82) is 0 Å². The number of amides is 1. The molecule has 4 rings (SSSR count). The summed E-state index contributed by atoms with van der Waals surface area (Å²) in [6, 6.07) is 20.9. The minimum absolute atomic E-state index is 0.213. The van der Waals surface area contributed by atoms with Crippen molar-refractivity contribution in [1.82, 2.24) is 4.57 Å². The third kappa shape index (κ3) is 5.50. The first kappa shape index (κ1) is 23.2. The molecule has 4 aromatic rings. The normalized spacial score (nSPS) is 12.1. The number of nitrogens with one attached hydrogen (secondary N) is 1. The van der Waals surface area contributed by atoms with Crippen LogP contribution in [0.3, 0.4) is 0 Å². The number of aryl methyl sites for hydroxylation is 1. The molecule has 0 bridgehead atoms. The lowest BCUT2D eigenvalue weighted by Crippen LogP contribution is -2.32. The van der Waals surface area contributed by atoms with Gasteiger partial charge in [0, 0.05) is 6.08 Å². The molecule has 0 atom stereocenters. The topological polar surface area (TPSA) is 60.3 Å². The van der Waals surface area contributed by atoms with E-state index in [1.54, 1.807) is 30.3 Å². The maximum Gasteiger partial charge on any atom is 0.269 e. The van der Waals surface area contributed by atoms with Crippen LogP contribution in [0, 0.1) is 12.7 Å². The molecule has 3 aromatic carbocycles. The van der Waals surface area contributed by atoms with Crippen molar-refractivity contribution in [2.24, 2.45) is 0 Å². The van der Waals surface area contributed by atoms with Crippen molar-refractivity contribution < 1.29 is 13.9 Å². The second kappa shape index (κ2) is 10.3. The van der Waals surface area contributed by atoms with Gasteiger partial charge in [0.05, 0.1) is 23.9 Å². The fourth-order valence-corrected chi connectivity index (χ4v) is 4.45. The number of anilines is 1. The van der Waals surface area contributed by atoms with Crippen molar-refractivity contribution in [2.75, 3.05) is 12.4 Å². The molecule has 0 spiro atoms. The molecule has 0 aliphatic heterocycles. The number of aromatic nitrogens is 1. The highest BCUT2D eigenvalue weighted by atomic mass is 32.1. The summed E-state index contributed by atoms with van der Waals surface area (Å²) in [5.74, 6) is -0.203. The fraction of sp³-hybridized carbons (Fsp3) is 0.111. The van der Waals surface area contributed by atoms with Gasteiger partial charge in [-0.05, 0) is 48.4 Å². The average molecular weight is 475 g/mol. The van der Waals surface area contributed by atoms with Gasteiger partial charge < -0.3 is 10.1 Å². The molecule has 1 heterocycles. The van der Waals surface area contributed by atoms with E-state index in [9.17, 15) is 14.0 Å². The van der Waals surface area contributed by atoms with Crippen LogP contribution >= 0.6 is 11.3 Å². The summed E-state index contributed by atoms with van der Waals surface area (Å²) < 4.78 is 21.2. The fourth-order valence-electron chi connectivity index (χ4n) is 3.41. The summed E-state index contributed by atoms with van der Waals surface area (Å²) in [5.41, 5.74) is 3.08. The van der Waals surface area contributed by atoms with Crippen LogP contribution in [0.4, 0.5) is 10.1 Å². The van der Waals surface area contributed by atoms with E-state index < -0.39 is 0 Å². The van der Waals surface area contributed by atoms with Gasteiger partial charge in [0.1, 0.15) is 16.2 Å². The largest absolute Gasteiger partial charge is 0.495 e. The number of benzene rings is 3. The van der Waals surface area contributed by atoms with E-state index in [4.69, 9.17) is 4.74 Å². The number of ether oxygens (including phenoxy) is 1. The zero-order valence-corrected chi connectivity index (χ0v) is 19.6. The number of carbonyl (C=O) groups is 1. The molecule has 0 saturated carbocycles. The van der Waals surface area contributed by atoms with Crippen LogP contribution in [0.15, 0.2) is 77.6 Å². The van der Waals surface area contributed by atoms with Crippen LogP contribution < -0.4 is 24.8 Å². The van der Waals surface area contributed by atoms with Gasteiger partial charge in [-0.1, -0.05) is 54.1 Å². The SMILES string of the molecule is COc1ccccc1NC(=O)C=c1sc(=Cc2ccc(C)cc2)c(=O)n1Cc1ccc(F)cc1. The van der Waals surface area contributed by atoms with Crippen LogP contribution in [0.1, 0.15) is 16.7 Å². The molecule has 172 valence electrons. The molecule has 7 heteroatoms. The molecular weight excluding hydrogens is 451 g/mol. The van der Waals surface area contributed by atoms with Crippen molar-refractivity contribution in [3.8, 4) is 5.75 Å². The zero-order valence-electron chi connectivity index (χ0n) is 18.7. The van der Waals surface area contributed by atoms with Gasteiger partial charge in [-0.25, -0.2) is 4.39 Å². The van der Waals surface area contributed by atoms with Gasteiger partial charge in [0.15, 0.2) is 0 Å². The van der Waals surface area contributed by atoms with E-state index in [0.717, 1.165) is 16.7 Å². The Hall–Kier alpha value is -3.97. The maximum atomic E-state index is 13.4. The van der Waals surface area contributed by atoms with E-state index >= 15 is 0 Å². The summed E-state index contributed by atoms with van der Waals surface area (Å²) >= 11 is 1.23. The Labute approximate surface area is 200 Å². The molecular formula is C27H23FN2O3S. The van der Waals surface area contributed by atoms with Gasteiger partial charge in [-0.15, -0.1) is 11.3 Å². The Morgan fingerprint density at radius 2 is 1.76 bits per heavy atom. The molecule has 5 nitrogen and oxygen atoms in total. The van der Waals surface area contributed by atoms with Crippen molar-refractivity contribution in [3.05, 3.63) is 115 Å². The first-order chi connectivity index (χ1) is 16.4. The van der Waals surface area contributed by atoms with E-state index in [1.807, 2.05) is 43.3 Å². The number of hydrogen-bond donors (Lipinski definition) is 1. The Morgan fingerprint density at radius 1 is 1.06 bits per heavy atom. The van der Waals surface area contributed by atoms with Crippen LogP contribution in [0.25, 0.3) is 12.2 Å². The second-order valence-corrected chi connectivity index (χ2v) is 8.77. The van der Waals surface area contributed by atoms with E-state index in [1.165, 1.54) is 41.2 Å². The molecule has 34 heavy (non-hydrogen) atoms. The summed E-state index contributed by atoms with van der Waals surface area (Å²) in [7, 11) is 1.53. The highest BCUT2D eigenvalue weighted by molar-refractivity contribution is 7.07. The molecule has 0 aliphatic carbocycles. The van der Waals surface area contributed by atoms with Gasteiger partial charge >= 0.3 is 0 Å². The highest BCUT2D eigenvalue weighted by Crippen LogP contribution is 2.22. The summed E-state index contributed by atoms with van der Waals surface area (Å²) in [5, 5.41) is 2.81. The number of carbonyl (C=O) groups excluding carboxylic acids is 1. The third-order valence-corrected chi connectivity index (χ3v) is 6.24. The minimum atomic E-state index is -0.388. The molecule has 0 fully saturated rings.